The Labute approximate surface area is 187 Å². The van der Waals surface area contributed by atoms with Crippen molar-refractivity contribution in [2.45, 2.75) is 30.7 Å². The third kappa shape index (κ3) is 3.69. The van der Waals surface area contributed by atoms with Gasteiger partial charge in [-0.1, -0.05) is 66.2 Å². The van der Waals surface area contributed by atoms with Crippen molar-refractivity contribution in [3.63, 3.8) is 0 Å². The lowest BCUT2D eigenvalue weighted by molar-refractivity contribution is -0.146. The minimum absolute atomic E-state index is 0.0145. The van der Waals surface area contributed by atoms with Crippen LogP contribution in [0.1, 0.15) is 45.9 Å². The minimum Gasteiger partial charge on any atom is -0.465 e. The van der Waals surface area contributed by atoms with Crippen LogP contribution in [0.25, 0.3) is 0 Å². The highest BCUT2D eigenvalue weighted by atomic mass is 32.2. The fourth-order valence-electron chi connectivity index (χ4n) is 4.06. The van der Waals surface area contributed by atoms with E-state index >= 15 is 0 Å². The predicted octanol–water partition coefficient (Wildman–Crippen LogP) is 4.23. The molecule has 2 unspecified atom stereocenters. The smallest absolute Gasteiger partial charge is 0.315 e. The van der Waals surface area contributed by atoms with Gasteiger partial charge in [-0.3, -0.25) is 9.59 Å². The van der Waals surface area contributed by atoms with E-state index in [9.17, 15) is 18.0 Å². The molecule has 0 saturated carbocycles. The highest BCUT2D eigenvalue weighted by Gasteiger charge is 2.50. The van der Waals surface area contributed by atoms with Crippen molar-refractivity contribution in [3.8, 4) is 0 Å². The number of carbonyl (C=O) groups excluding carboxylic acids is 2. The Morgan fingerprint density at radius 3 is 2.22 bits per heavy atom. The lowest BCUT2D eigenvalue weighted by Gasteiger charge is -2.40. The number of hydrogen-bond acceptors (Lipinski definition) is 5. The Morgan fingerprint density at radius 1 is 0.938 bits per heavy atom. The Kier molecular flexibility index (Phi) is 5.84. The number of ether oxygens (including phenoxy) is 1. The monoisotopic (exact) mass is 449 g/mol. The Morgan fingerprint density at radius 2 is 1.56 bits per heavy atom. The maximum Gasteiger partial charge on any atom is 0.315 e. The molecule has 0 spiro atoms. The number of esters is 1. The van der Waals surface area contributed by atoms with Crippen molar-refractivity contribution in [3.05, 3.63) is 101 Å². The molecule has 0 aliphatic carbocycles. The number of carbonyl (C=O) groups is 2. The van der Waals surface area contributed by atoms with Crippen molar-refractivity contribution in [2.24, 2.45) is 0 Å². The number of rotatable bonds is 5. The molecule has 0 N–H and O–H groups in total. The van der Waals surface area contributed by atoms with Gasteiger partial charge in [0, 0.05) is 5.56 Å². The van der Waals surface area contributed by atoms with Gasteiger partial charge in [0.05, 0.1) is 17.5 Å². The molecule has 32 heavy (non-hydrogen) atoms. The lowest BCUT2D eigenvalue weighted by atomic mass is 9.81. The van der Waals surface area contributed by atoms with Crippen LogP contribution >= 0.6 is 0 Å². The molecule has 4 rings (SSSR count). The van der Waals surface area contributed by atoms with Gasteiger partial charge in [-0.15, -0.1) is 0 Å². The first kappa shape index (κ1) is 21.8. The van der Waals surface area contributed by atoms with E-state index in [0.717, 1.165) is 9.87 Å². The second kappa shape index (κ2) is 8.59. The first-order valence-corrected chi connectivity index (χ1v) is 11.8. The third-order valence-electron chi connectivity index (χ3n) is 5.55. The van der Waals surface area contributed by atoms with E-state index in [0.29, 0.717) is 11.1 Å². The van der Waals surface area contributed by atoms with Gasteiger partial charge in [-0.2, -0.15) is 0 Å². The average Bonchev–Trinajstić information content (AvgIpc) is 2.79. The summed E-state index contributed by atoms with van der Waals surface area (Å²) >= 11 is 0. The average molecular weight is 450 g/mol. The van der Waals surface area contributed by atoms with Crippen LogP contribution in [0.3, 0.4) is 0 Å². The number of sulfonamides is 1. The molecule has 6 nitrogen and oxygen atoms in total. The van der Waals surface area contributed by atoms with Gasteiger partial charge in [-0.05, 0) is 43.2 Å². The highest BCUT2D eigenvalue weighted by Crippen LogP contribution is 2.45. The minimum atomic E-state index is -4.27. The summed E-state index contributed by atoms with van der Waals surface area (Å²) < 4.78 is 33.7. The number of amides is 1. The highest BCUT2D eigenvalue weighted by molar-refractivity contribution is 7.89. The molecule has 1 amide bonds. The summed E-state index contributed by atoms with van der Waals surface area (Å²) in [6, 6.07) is 20.5. The summed E-state index contributed by atoms with van der Waals surface area (Å²) in [7, 11) is -4.27. The molecule has 0 bridgehead atoms. The van der Waals surface area contributed by atoms with Gasteiger partial charge in [0.2, 0.25) is 0 Å². The van der Waals surface area contributed by atoms with E-state index in [1.165, 1.54) is 12.1 Å². The molecule has 1 aliphatic heterocycles. The largest absolute Gasteiger partial charge is 0.465 e. The number of nitrogens with zero attached hydrogens (tertiary/aromatic N) is 1. The SMILES string of the molecule is CCOC(=O)C1c2ccccc2C(=O)N(S(=O)(=O)c2ccc(C)cc2)C1c1ccccc1. The van der Waals surface area contributed by atoms with E-state index in [4.69, 9.17) is 4.74 Å². The molecule has 0 radical (unpaired) electrons. The van der Waals surface area contributed by atoms with Crippen LogP contribution in [0.5, 0.6) is 0 Å². The van der Waals surface area contributed by atoms with Crippen molar-refractivity contribution in [1.29, 1.82) is 0 Å². The van der Waals surface area contributed by atoms with Crippen LogP contribution in [0.2, 0.25) is 0 Å². The van der Waals surface area contributed by atoms with Gasteiger partial charge >= 0.3 is 5.97 Å². The van der Waals surface area contributed by atoms with Crippen molar-refractivity contribution >= 4 is 21.9 Å². The molecule has 3 aromatic carbocycles. The Hall–Kier alpha value is -3.45. The first-order chi connectivity index (χ1) is 15.4. The van der Waals surface area contributed by atoms with Crippen LogP contribution < -0.4 is 0 Å². The molecular formula is C25H23NO5S. The molecule has 3 aromatic rings. The second-order valence-electron chi connectivity index (χ2n) is 7.59. The van der Waals surface area contributed by atoms with E-state index < -0.39 is 33.9 Å². The van der Waals surface area contributed by atoms with Gasteiger partial charge in [0.1, 0.15) is 5.92 Å². The molecular weight excluding hydrogens is 426 g/mol. The van der Waals surface area contributed by atoms with Crippen LogP contribution in [0.4, 0.5) is 0 Å². The zero-order chi connectivity index (χ0) is 22.9. The predicted molar refractivity (Wildman–Crippen MR) is 120 cm³/mol. The van der Waals surface area contributed by atoms with Gasteiger partial charge < -0.3 is 4.74 Å². The van der Waals surface area contributed by atoms with Gasteiger partial charge in [0.25, 0.3) is 15.9 Å². The first-order valence-electron chi connectivity index (χ1n) is 10.3. The zero-order valence-corrected chi connectivity index (χ0v) is 18.6. The quantitative estimate of drug-likeness (QED) is 0.545. The van der Waals surface area contributed by atoms with Crippen LogP contribution in [-0.4, -0.2) is 31.2 Å². The van der Waals surface area contributed by atoms with Crippen molar-refractivity contribution in [1.82, 2.24) is 4.31 Å². The Balaban J connectivity index is 1.99. The standard InChI is InChI=1S/C25H23NO5S/c1-3-31-25(28)22-20-11-7-8-12-21(20)24(27)26(23(22)18-9-5-4-6-10-18)32(29,30)19-15-13-17(2)14-16-19/h4-16,22-23H,3H2,1-2H3. The summed E-state index contributed by atoms with van der Waals surface area (Å²) in [5.41, 5.74) is 2.06. The topological polar surface area (TPSA) is 80.8 Å². The summed E-state index contributed by atoms with van der Waals surface area (Å²) in [6.45, 7) is 3.68. The maximum atomic E-state index is 13.8. The van der Waals surface area contributed by atoms with Gasteiger partial charge in [0.15, 0.2) is 0 Å². The number of aryl methyl sites for hydroxylation is 1. The van der Waals surface area contributed by atoms with E-state index in [2.05, 4.69) is 0 Å². The molecule has 1 aliphatic rings. The molecule has 0 saturated heterocycles. The van der Waals surface area contributed by atoms with E-state index in [1.807, 2.05) is 6.92 Å². The maximum absolute atomic E-state index is 13.8. The van der Waals surface area contributed by atoms with Crippen molar-refractivity contribution in [2.75, 3.05) is 6.61 Å². The molecule has 0 fully saturated rings. The number of hydrogen-bond donors (Lipinski definition) is 0. The molecule has 1 heterocycles. The van der Waals surface area contributed by atoms with Gasteiger partial charge in [-0.25, -0.2) is 12.7 Å². The van der Waals surface area contributed by atoms with E-state index in [1.54, 1.807) is 73.7 Å². The van der Waals surface area contributed by atoms with Crippen LogP contribution in [0.15, 0.2) is 83.8 Å². The number of fused-ring (bicyclic) bond motifs is 1. The fourth-order valence-corrected chi connectivity index (χ4v) is 5.63. The Bertz CT molecular complexity index is 1250. The number of benzene rings is 3. The summed E-state index contributed by atoms with van der Waals surface area (Å²) in [5.74, 6) is -2.24. The van der Waals surface area contributed by atoms with Crippen LogP contribution in [-0.2, 0) is 19.6 Å². The zero-order valence-electron chi connectivity index (χ0n) is 17.8. The summed E-state index contributed by atoms with van der Waals surface area (Å²) in [6.07, 6.45) is 0. The van der Waals surface area contributed by atoms with Crippen LogP contribution in [0, 0.1) is 6.92 Å². The molecule has 2 atom stereocenters. The van der Waals surface area contributed by atoms with E-state index in [-0.39, 0.29) is 17.1 Å². The second-order valence-corrected chi connectivity index (χ2v) is 9.41. The summed E-state index contributed by atoms with van der Waals surface area (Å²) in [5, 5.41) is 0. The van der Waals surface area contributed by atoms with Crippen molar-refractivity contribution < 1.29 is 22.7 Å². The molecule has 164 valence electrons. The third-order valence-corrected chi connectivity index (χ3v) is 7.33. The summed E-state index contributed by atoms with van der Waals surface area (Å²) in [4.78, 5) is 26.7. The lowest BCUT2D eigenvalue weighted by Crippen LogP contribution is -2.48. The molecule has 0 aromatic heterocycles. The molecule has 7 heteroatoms. The normalized spacial score (nSPS) is 18.2. The fraction of sp³-hybridized carbons (Fsp3) is 0.200.